The summed E-state index contributed by atoms with van der Waals surface area (Å²) in [7, 11) is 0. The van der Waals surface area contributed by atoms with E-state index in [1.807, 2.05) is 42.5 Å². The van der Waals surface area contributed by atoms with Crippen molar-refractivity contribution in [1.29, 1.82) is 0 Å². The number of nitrogens with zero attached hydrogens (tertiary/aromatic N) is 1. The molecule has 1 aromatic heterocycles. The van der Waals surface area contributed by atoms with Gasteiger partial charge in [-0.25, -0.2) is 4.98 Å². The molecule has 0 saturated heterocycles. The largest absolute Gasteiger partial charge is 0.436 e. The summed E-state index contributed by atoms with van der Waals surface area (Å²) in [6.07, 6.45) is 0. The van der Waals surface area contributed by atoms with Gasteiger partial charge >= 0.3 is 0 Å². The maximum Gasteiger partial charge on any atom is 0.228 e. The van der Waals surface area contributed by atoms with Crippen LogP contribution in [0.3, 0.4) is 0 Å². The van der Waals surface area contributed by atoms with Crippen molar-refractivity contribution in [2.45, 2.75) is 0 Å². The molecule has 0 amide bonds. The van der Waals surface area contributed by atoms with Gasteiger partial charge in [-0.2, -0.15) is 0 Å². The normalized spacial score (nSPS) is 10.9. The van der Waals surface area contributed by atoms with E-state index in [2.05, 4.69) is 20.9 Å². The molecule has 0 fully saturated rings. The van der Waals surface area contributed by atoms with Crippen molar-refractivity contribution in [1.82, 2.24) is 4.98 Å². The molecule has 0 radical (unpaired) electrons. The Labute approximate surface area is 111 Å². The molecule has 0 atom stereocenters. The molecule has 0 saturated carbocycles. The predicted octanol–water partition coefficient (Wildman–Crippen LogP) is 4.91. The van der Waals surface area contributed by atoms with Gasteiger partial charge in [0.15, 0.2) is 5.58 Å². The molecule has 4 heteroatoms. The van der Waals surface area contributed by atoms with Crippen LogP contribution >= 0.6 is 27.5 Å². The van der Waals surface area contributed by atoms with Crippen molar-refractivity contribution < 1.29 is 4.42 Å². The zero-order valence-corrected chi connectivity index (χ0v) is 11.0. The summed E-state index contributed by atoms with van der Waals surface area (Å²) in [5, 5.41) is 0.637. The number of rotatable bonds is 1. The molecule has 2 aromatic carbocycles. The van der Waals surface area contributed by atoms with Gasteiger partial charge < -0.3 is 4.42 Å². The summed E-state index contributed by atoms with van der Waals surface area (Å²) in [5.74, 6) is 0.545. The Balaban J connectivity index is 2.22. The van der Waals surface area contributed by atoms with Gasteiger partial charge in [0.05, 0.1) is 10.6 Å². The van der Waals surface area contributed by atoms with Gasteiger partial charge in [-0.15, -0.1) is 0 Å². The topological polar surface area (TPSA) is 26.0 Å². The molecule has 2 nitrogen and oxygen atoms in total. The molecule has 0 aliphatic carbocycles. The van der Waals surface area contributed by atoms with Gasteiger partial charge in [0.2, 0.25) is 5.89 Å². The van der Waals surface area contributed by atoms with Gasteiger partial charge in [-0.1, -0.05) is 39.7 Å². The third kappa shape index (κ3) is 1.96. The molecule has 0 aliphatic heterocycles. The highest BCUT2D eigenvalue weighted by Crippen LogP contribution is 2.30. The van der Waals surface area contributed by atoms with E-state index < -0.39 is 0 Å². The van der Waals surface area contributed by atoms with Crippen molar-refractivity contribution in [2.24, 2.45) is 0 Å². The number of halogens is 2. The maximum atomic E-state index is 6.11. The van der Waals surface area contributed by atoms with E-state index in [0.717, 1.165) is 21.1 Å². The van der Waals surface area contributed by atoms with E-state index in [4.69, 9.17) is 16.0 Å². The van der Waals surface area contributed by atoms with Crippen molar-refractivity contribution in [3.8, 4) is 11.5 Å². The SMILES string of the molecule is Clc1ccccc1-c1nc2ccc(Br)cc2o1. The Hall–Kier alpha value is -1.32. The van der Waals surface area contributed by atoms with E-state index in [1.54, 1.807) is 0 Å². The van der Waals surface area contributed by atoms with Crippen LogP contribution in [0.1, 0.15) is 0 Å². The average Bonchev–Trinajstić information content (AvgIpc) is 2.72. The van der Waals surface area contributed by atoms with Crippen molar-refractivity contribution in [3.63, 3.8) is 0 Å². The van der Waals surface area contributed by atoms with Crippen LogP contribution in [-0.2, 0) is 0 Å². The lowest BCUT2D eigenvalue weighted by Gasteiger charge is -1.96. The van der Waals surface area contributed by atoms with Crippen molar-refractivity contribution in [2.75, 3.05) is 0 Å². The number of aromatic nitrogens is 1. The Kier molecular flexibility index (Phi) is 2.65. The highest BCUT2D eigenvalue weighted by Gasteiger charge is 2.10. The average molecular weight is 309 g/mol. The molecule has 17 heavy (non-hydrogen) atoms. The number of oxazole rings is 1. The highest BCUT2D eigenvalue weighted by molar-refractivity contribution is 9.10. The smallest absolute Gasteiger partial charge is 0.228 e. The summed E-state index contributed by atoms with van der Waals surface area (Å²) in [4.78, 5) is 4.41. The van der Waals surface area contributed by atoms with E-state index in [1.165, 1.54) is 0 Å². The maximum absolute atomic E-state index is 6.11. The summed E-state index contributed by atoms with van der Waals surface area (Å²) >= 11 is 9.51. The monoisotopic (exact) mass is 307 g/mol. The summed E-state index contributed by atoms with van der Waals surface area (Å²) in [6.45, 7) is 0. The van der Waals surface area contributed by atoms with Crippen LogP contribution in [0.25, 0.3) is 22.6 Å². The lowest BCUT2D eigenvalue weighted by Crippen LogP contribution is -1.77. The first-order valence-corrected chi connectivity index (χ1v) is 6.22. The van der Waals surface area contributed by atoms with Crippen molar-refractivity contribution in [3.05, 3.63) is 52.0 Å². The van der Waals surface area contributed by atoms with Gasteiger partial charge in [0.1, 0.15) is 5.52 Å². The molecule has 1 heterocycles. The number of benzene rings is 2. The van der Waals surface area contributed by atoms with Crippen LogP contribution < -0.4 is 0 Å². The molecule has 0 N–H and O–H groups in total. The minimum Gasteiger partial charge on any atom is -0.436 e. The second-order valence-corrected chi connectivity index (χ2v) is 4.93. The fourth-order valence-corrected chi connectivity index (χ4v) is 2.20. The highest BCUT2D eigenvalue weighted by atomic mass is 79.9. The fourth-order valence-electron chi connectivity index (χ4n) is 1.65. The van der Waals surface area contributed by atoms with Gasteiger partial charge in [-0.05, 0) is 30.3 Å². The van der Waals surface area contributed by atoms with E-state index in [0.29, 0.717) is 10.9 Å². The quantitative estimate of drug-likeness (QED) is 0.638. The molecule has 0 unspecified atom stereocenters. The molecule has 0 aliphatic rings. The zero-order chi connectivity index (χ0) is 11.8. The minimum absolute atomic E-state index is 0.545. The third-order valence-corrected chi connectivity index (χ3v) is 3.28. The van der Waals surface area contributed by atoms with Gasteiger partial charge in [-0.3, -0.25) is 0 Å². The Bertz CT molecular complexity index is 693. The molecule has 0 spiro atoms. The third-order valence-electron chi connectivity index (χ3n) is 2.45. The molecule has 3 rings (SSSR count). The summed E-state index contributed by atoms with van der Waals surface area (Å²) in [6, 6.07) is 13.2. The first-order chi connectivity index (χ1) is 8.24. The van der Waals surface area contributed by atoms with Crippen LogP contribution in [0, 0.1) is 0 Å². The van der Waals surface area contributed by atoms with Crippen molar-refractivity contribution >= 4 is 38.6 Å². The Morgan fingerprint density at radius 3 is 2.76 bits per heavy atom. The van der Waals surface area contributed by atoms with Gasteiger partial charge in [0.25, 0.3) is 0 Å². The number of fused-ring (bicyclic) bond motifs is 1. The lowest BCUT2D eigenvalue weighted by atomic mass is 10.2. The Morgan fingerprint density at radius 2 is 1.94 bits per heavy atom. The zero-order valence-electron chi connectivity index (χ0n) is 8.65. The second kappa shape index (κ2) is 4.17. The standard InChI is InChI=1S/C13H7BrClNO/c14-8-5-6-11-12(7-8)17-13(16-11)9-3-1-2-4-10(9)15/h1-7H. The molecular weight excluding hydrogens is 302 g/mol. The van der Waals surface area contributed by atoms with Crippen LogP contribution in [0.15, 0.2) is 51.4 Å². The lowest BCUT2D eigenvalue weighted by molar-refractivity contribution is 0.619. The number of hydrogen-bond acceptors (Lipinski definition) is 2. The van der Waals surface area contributed by atoms with Gasteiger partial charge in [0, 0.05) is 4.47 Å². The van der Waals surface area contributed by atoms with Crippen LogP contribution in [0.4, 0.5) is 0 Å². The van der Waals surface area contributed by atoms with Crippen LogP contribution in [-0.4, -0.2) is 4.98 Å². The first-order valence-electron chi connectivity index (χ1n) is 5.05. The first kappa shape index (κ1) is 10.8. The summed E-state index contributed by atoms with van der Waals surface area (Å²) < 4.78 is 6.65. The molecule has 3 aromatic rings. The van der Waals surface area contributed by atoms with E-state index in [9.17, 15) is 0 Å². The molecule has 0 bridgehead atoms. The molecular formula is C13H7BrClNO. The molecule has 84 valence electrons. The fraction of sp³-hybridized carbons (Fsp3) is 0. The summed E-state index contributed by atoms with van der Waals surface area (Å²) in [5.41, 5.74) is 2.37. The second-order valence-electron chi connectivity index (χ2n) is 3.61. The Morgan fingerprint density at radius 1 is 1.12 bits per heavy atom. The van der Waals surface area contributed by atoms with E-state index in [-0.39, 0.29) is 0 Å². The van der Waals surface area contributed by atoms with Crippen LogP contribution in [0.2, 0.25) is 5.02 Å². The minimum atomic E-state index is 0.545. The van der Waals surface area contributed by atoms with Crippen LogP contribution in [0.5, 0.6) is 0 Å². The van der Waals surface area contributed by atoms with E-state index >= 15 is 0 Å². The predicted molar refractivity (Wildman–Crippen MR) is 72.2 cm³/mol. The number of hydrogen-bond donors (Lipinski definition) is 0.